The standard InChI is InChI=1S/C21H21N7O2S/c1-2-26-9-11-27(12-10-26)15-4-6-16(7-5-15)28-19-17(24-25-28)8-3-14(22-19)13-18-20(29)23-21(30)31-18/h3-8,13H,2,9-12H2,1H3,(H,23,29,30). The van der Waals surface area contributed by atoms with Crippen molar-refractivity contribution in [2.75, 3.05) is 37.6 Å². The average molecular weight is 436 g/mol. The van der Waals surface area contributed by atoms with Crippen LogP contribution in [0.5, 0.6) is 0 Å². The number of benzene rings is 1. The molecule has 2 aliphatic heterocycles. The number of hydrogen-bond acceptors (Lipinski definition) is 8. The molecule has 4 heterocycles. The molecule has 0 radical (unpaired) electrons. The molecule has 0 atom stereocenters. The van der Waals surface area contributed by atoms with Crippen LogP contribution in [0.15, 0.2) is 41.3 Å². The van der Waals surface area contributed by atoms with E-state index in [2.05, 4.69) is 49.5 Å². The minimum absolute atomic E-state index is 0.323. The van der Waals surface area contributed by atoms with E-state index in [1.165, 1.54) is 5.69 Å². The van der Waals surface area contributed by atoms with E-state index in [1.54, 1.807) is 22.9 Å². The molecule has 0 saturated carbocycles. The van der Waals surface area contributed by atoms with Gasteiger partial charge in [-0.2, -0.15) is 4.68 Å². The van der Waals surface area contributed by atoms with Gasteiger partial charge in [0.25, 0.3) is 11.1 Å². The quantitative estimate of drug-likeness (QED) is 0.624. The van der Waals surface area contributed by atoms with Gasteiger partial charge in [-0.1, -0.05) is 12.1 Å². The molecule has 1 N–H and O–H groups in total. The van der Waals surface area contributed by atoms with E-state index in [0.717, 1.165) is 50.2 Å². The average Bonchev–Trinajstić information content (AvgIpc) is 3.36. The highest BCUT2D eigenvalue weighted by Crippen LogP contribution is 2.26. The summed E-state index contributed by atoms with van der Waals surface area (Å²) in [6.45, 7) is 7.49. The largest absolute Gasteiger partial charge is 0.369 e. The molecule has 2 aliphatic rings. The van der Waals surface area contributed by atoms with Crippen LogP contribution in [0.1, 0.15) is 12.6 Å². The minimum Gasteiger partial charge on any atom is -0.369 e. The highest BCUT2D eigenvalue weighted by molar-refractivity contribution is 8.18. The fraction of sp³-hybridized carbons (Fsp3) is 0.286. The number of carbonyl (C=O) groups is 2. The molecule has 3 aromatic rings. The Balaban J connectivity index is 1.41. The Morgan fingerprint density at radius 1 is 1.03 bits per heavy atom. The van der Waals surface area contributed by atoms with Crippen LogP contribution in [-0.4, -0.2) is 68.7 Å². The van der Waals surface area contributed by atoms with Gasteiger partial charge in [-0.25, -0.2) is 4.98 Å². The Hall–Kier alpha value is -3.24. The number of carbonyl (C=O) groups excluding carboxylic acids is 2. The zero-order valence-electron chi connectivity index (χ0n) is 17.0. The summed E-state index contributed by atoms with van der Waals surface area (Å²) < 4.78 is 1.68. The molecule has 0 bridgehead atoms. The Morgan fingerprint density at radius 3 is 2.45 bits per heavy atom. The smallest absolute Gasteiger partial charge is 0.290 e. The lowest BCUT2D eigenvalue weighted by molar-refractivity contribution is -0.115. The number of piperazine rings is 1. The number of likely N-dealkylation sites (N-methyl/N-ethyl adjacent to an activating group) is 1. The lowest BCUT2D eigenvalue weighted by Crippen LogP contribution is -2.46. The van der Waals surface area contributed by atoms with E-state index in [0.29, 0.717) is 21.8 Å². The van der Waals surface area contributed by atoms with Crippen molar-refractivity contribution in [2.24, 2.45) is 0 Å². The summed E-state index contributed by atoms with van der Waals surface area (Å²) in [5, 5.41) is 10.3. The predicted octanol–water partition coefficient (Wildman–Crippen LogP) is 2.28. The third-order valence-corrected chi connectivity index (χ3v) is 6.33. The van der Waals surface area contributed by atoms with E-state index in [-0.39, 0.29) is 5.24 Å². The molecule has 10 heteroatoms. The zero-order valence-corrected chi connectivity index (χ0v) is 17.8. The number of amides is 2. The summed E-state index contributed by atoms with van der Waals surface area (Å²) in [6, 6.07) is 11.8. The molecule has 2 saturated heterocycles. The molecular weight excluding hydrogens is 414 g/mol. The molecule has 5 rings (SSSR count). The summed E-state index contributed by atoms with van der Waals surface area (Å²) in [5.41, 5.74) is 3.86. The Labute approximate surface area is 183 Å². The number of fused-ring (bicyclic) bond motifs is 1. The van der Waals surface area contributed by atoms with Crippen LogP contribution in [0.4, 0.5) is 10.5 Å². The van der Waals surface area contributed by atoms with Gasteiger partial charge in [0.05, 0.1) is 16.3 Å². The maximum Gasteiger partial charge on any atom is 0.290 e. The number of thioether (sulfide) groups is 1. The Morgan fingerprint density at radius 2 is 1.77 bits per heavy atom. The number of aromatic nitrogens is 4. The molecule has 2 aromatic heterocycles. The second-order valence-electron chi connectivity index (χ2n) is 7.37. The molecule has 2 amide bonds. The van der Waals surface area contributed by atoms with Crippen LogP contribution >= 0.6 is 11.8 Å². The van der Waals surface area contributed by atoms with Crippen molar-refractivity contribution < 1.29 is 9.59 Å². The number of pyridine rings is 1. The first-order valence-electron chi connectivity index (χ1n) is 10.2. The third kappa shape index (κ3) is 3.91. The molecule has 1 aromatic carbocycles. The van der Waals surface area contributed by atoms with Gasteiger partial charge < -0.3 is 9.80 Å². The highest BCUT2D eigenvalue weighted by Gasteiger charge is 2.25. The van der Waals surface area contributed by atoms with Crippen LogP contribution < -0.4 is 10.2 Å². The van der Waals surface area contributed by atoms with Crippen LogP contribution in [0.3, 0.4) is 0 Å². The molecule has 0 spiro atoms. The van der Waals surface area contributed by atoms with Gasteiger partial charge in [0.2, 0.25) is 0 Å². The predicted molar refractivity (Wildman–Crippen MR) is 120 cm³/mol. The first-order valence-corrected chi connectivity index (χ1v) is 11.0. The van der Waals surface area contributed by atoms with Crippen LogP contribution in [0.25, 0.3) is 22.9 Å². The summed E-state index contributed by atoms with van der Waals surface area (Å²) in [7, 11) is 0. The van der Waals surface area contributed by atoms with Gasteiger partial charge in [-0.05, 0) is 60.8 Å². The molecule has 158 valence electrons. The normalized spacial score (nSPS) is 18.9. The first kappa shape index (κ1) is 19.7. The van der Waals surface area contributed by atoms with Crippen molar-refractivity contribution in [1.82, 2.24) is 30.2 Å². The van der Waals surface area contributed by atoms with Crippen molar-refractivity contribution in [2.45, 2.75) is 6.92 Å². The Bertz CT molecular complexity index is 1180. The number of nitrogens with zero attached hydrogens (tertiary/aromatic N) is 6. The lowest BCUT2D eigenvalue weighted by Gasteiger charge is -2.35. The van der Waals surface area contributed by atoms with E-state index in [9.17, 15) is 9.59 Å². The number of anilines is 1. The van der Waals surface area contributed by atoms with Crippen LogP contribution in [-0.2, 0) is 4.79 Å². The van der Waals surface area contributed by atoms with Crippen LogP contribution in [0.2, 0.25) is 0 Å². The van der Waals surface area contributed by atoms with E-state index < -0.39 is 5.91 Å². The number of nitrogens with one attached hydrogen (secondary N) is 1. The number of imide groups is 1. The first-order chi connectivity index (χ1) is 15.1. The van der Waals surface area contributed by atoms with Gasteiger partial charge in [0, 0.05) is 31.9 Å². The molecular formula is C21H21N7O2S. The molecule has 0 aliphatic carbocycles. The third-order valence-electron chi connectivity index (χ3n) is 5.52. The summed E-state index contributed by atoms with van der Waals surface area (Å²) in [5.74, 6) is -0.404. The van der Waals surface area contributed by atoms with Gasteiger partial charge in [-0.15, -0.1) is 5.10 Å². The van der Waals surface area contributed by atoms with E-state index >= 15 is 0 Å². The summed E-state index contributed by atoms with van der Waals surface area (Å²) in [4.78, 5) is 33.0. The van der Waals surface area contributed by atoms with Gasteiger partial charge in [0.15, 0.2) is 5.65 Å². The summed E-state index contributed by atoms with van der Waals surface area (Å²) in [6.07, 6.45) is 1.60. The minimum atomic E-state index is -0.404. The maximum absolute atomic E-state index is 11.8. The topological polar surface area (TPSA) is 96.2 Å². The van der Waals surface area contributed by atoms with Gasteiger partial charge in [-0.3, -0.25) is 14.9 Å². The van der Waals surface area contributed by atoms with Crippen molar-refractivity contribution in [1.29, 1.82) is 0 Å². The fourth-order valence-corrected chi connectivity index (χ4v) is 4.43. The lowest BCUT2D eigenvalue weighted by atomic mass is 10.2. The van der Waals surface area contributed by atoms with Crippen LogP contribution in [0, 0.1) is 0 Å². The Kier molecular flexibility index (Phi) is 5.16. The van der Waals surface area contributed by atoms with E-state index in [1.807, 2.05) is 12.1 Å². The number of hydrogen-bond donors (Lipinski definition) is 1. The monoisotopic (exact) mass is 435 g/mol. The van der Waals surface area contributed by atoms with E-state index in [4.69, 9.17) is 0 Å². The summed E-state index contributed by atoms with van der Waals surface area (Å²) >= 11 is 0.869. The second kappa shape index (κ2) is 8.12. The molecule has 9 nitrogen and oxygen atoms in total. The van der Waals surface area contributed by atoms with Gasteiger partial charge >= 0.3 is 0 Å². The highest BCUT2D eigenvalue weighted by atomic mass is 32.2. The second-order valence-corrected chi connectivity index (χ2v) is 8.38. The van der Waals surface area contributed by atoms with Crippen molar-refractivity contribution in [3.8, 4) is 5.69 Å². The molecule has 0 unspecified atom stereocenters. The van der Waals surface area contributed by atoms with Gasteiger partial charge in [0.1, 0.15) is 5.52 Å². The zero-order chi connectivity index (χ0) is 21.4. The van der Waals surface area contributed by atoms with Crippen molar-refractivity contribution in [3.63, 3.8) is 0 Å². The molecule has 2 fully saturated rings. The fourth-order valence-electron chi connectivity index (χ4n) is 3.76. The van der Waals surface area contributed by atoms with Crippen molar-refractivity contribution >= 4 is 45.8 Å². The maximum atomic E-state index is 11.8. The number of rotatable bonds is 4. The molecule has 31 heavy (non-hydrogen) atoms. The SMILES string of the molecule is CCN1CCN(c2ccc(-n3nnc4ccc(C=C5SC(=O)NC5=O)nc43)cc2)CC1. The van der Waals surface area contributed by atoms with Crippen molar-refractivity contribution in [3.05, 3.63) is 47.0 Å².